The summed E-state index contributed by atoms with van der Waals surface area (Å²) in [4.78, 5) is 23.9. The Bertz CT molecular complexity index is 1120. The molecule has 1 amide bonds. The fourth-order valence-electron chi connectivity index (χ4n) is 2.89. The number of fused-ring (bicyclic) bond motifs is 1. The van der Waals surface area contributed by atoms with Crippen LogP contribution in [0.3, 0.4) is 0 Å². The minimum atomic E-state index is -0.176. The molecule has 0 saturated heterocycles. The Labute approximate surface area is 165 Å². The van der Waals surface area contributed by atoms with Gasteiger partial charge in [-0.25, -0.2) is 4.98 Å². The number of carbonyl (C=O) groups excluding carboxylic acids is 1. The number of nitrogens with zero attached hydrogens (tertiary/aromatic N) is 3. The van der Waals surface area contributed by atoms with Crippen LogP contribution in [0.2, 0.25) is 5.02 Å². The fraction of sp³-hybridized carbons (Fsp3) is 0.150. The molecule has 0 atom stereocenters. The number of pyridine rings is 1. The number of thiazole rings is 1. The van der Waals surface area contributed by atoms with Crippen molar-refractivity contribution in [2.75, 3.05) is 4.90 Å². The number of hydrogen-bond acceptors (Lipinski definition) is 5. The number of benzene rings is 1. The molecule has 0 aliphatic rings. The Kier molecular flexibility index (Phi) is 4.68. The first-order valence-corrected chi connectivity index (χ1v) is 9.56. The number of rotatable bonds is 4. The summed E-state index contributed by atoms with van der Waals surface area (Å²) in [7, 11) is 0. The molecule has 0 aliphatic heterocycles. The lowest BCUT2D eigenvalue weighted by atomic mass is 10.2. The highest BCUT2D eigenvalue weighted by molar-refractivity contribution is 7.22. The van der Waals surface area contributed by atoms with E-state index in [4.69, 9.17) is 16.0 Å². The average molecular weight is 398 g/mol. The van der Waals surface area contributed by atoms with E-state index in [1.165, 1.54) is 11.3 Å². The number of carbonyl (C=O) groups is 1. The monoisotopic (exact) mass is 397 g/mol. The van der Waals surface area contributed by atoms with Gasteiger partial charge in [-0.05, 0) is 44.2 Å². The molecule has 7 heteroatoms. The number of amides is 1. The quantitative estimate of drug-likeness (QED) is 0.462. The first-order valence-electron chi connectivity index (χ1n) is 8.37. The highest BCUT2D eigenvalue weighted by Gasteiger charge is 2.25. The summed E-state index contributed by atoms with van der Waals surface area (Å²) in [6, 6.07) is 13.0. The molecule has 3 heterocycles. The van der Waals surface area contributed by atoms with Crippen molar-refractivity contribution >= 4 is 44.2 Å². The fourth-order valence-corrected chi connectivity index (χ4v) is 4.15. The second-order valence-corrected chi connectivity index (χ2v) is 7.54. The highest BCUT2D eigenvalue weighted by atomic mass is 35.5. The Morgan fingerprint density at radius 2 is 2.07 bits per heavy atom. The molecular weight excluding hydrogens is 382 g/mol. The van der Waals surface area contributed by atoms with E-state index in [-0.39, 0.29) is 5.91 Å². The van der Waals surface area contributed by atoms with Crippen molar-refractivity contribution in [1.82, 2.24) is 9.97 Å². The van der Waals surface area contributed by atoms with Crippen LogP contribution in [-0.2, 0) is 6.54 Å². The summed E-state index contributed by atoms with van der Waals surface area (Å²) in [6.45, 7) is 3.92. The Morgan fingerprint density at radius 1 is 1.22 bits per heavy atom. The number of hydrogen-bond donors (Lipinski definition) is 0. The van der Waals surface area contributed by atoms with Crippen LogP contribution in [0.1, 0.15) is 27.6 Å². The van der Waals surface area contributed by atoms with Crippen molar-refractivity contribution < 1.29 is 9.21 Å². The van der Waals surface area contributed by atoms with Crippen LogP contribution in [0, 0.1) is 13.8 Å². The minimum Gasteiger partial charge on any atom is -0.466 e. The zero-order chi connectivity index (χ0) is 19.0. The van der Waals surface area contributed by atoms with Gasteiger partial charge in [0.2, 0.25) is 0 Å². The largest absolute Gasteiger partial charge is 0.466 e. The van der Waals surface area contributed by atoms with Crippen LogP contribution >= 0.6 is 22.9 Å². The second kappa shape index (κ2) is 7.13. The van der Waals surface area contributed by atoms with Crippen LogP contribution in [-0.4, -0.2) is 15.9 Å². The number of furan rings is 1. The molecule has 1 aromatic carbocycles. The van der Waals surface area contributed by atoms with E-state index in [9.17, 15) is 4.79 Å². The lowest BCUT2D eigenvalue weighted by molar-refractivity contribution is 0.0983. The standard InChI is InChI=1S/C20H16ClN3O2S/c1-12-10-15(13(2)26-12)19(25)24(11-14-6-3-4-9-22-14)20-23-18-16(21)7-5-8-17(18)27-20/h3-10H,11H2,1-2H3. The summed E-state index contributed by atoms with van der Waals surface area (Å²) in [5.74, 6) is 1.11. The predicted molar refractivity (Wildman–Crippen MR) is 108 cm³/mol. The zero-order valence-electron chi connectivity index (χ0n) is 14.8. The van der Waals surface area contributed by atoms with E-state index in [2.05, 4.69) is 9.97 Å². The number of para-hydroxylation sites is 1. The van der Waals surface area contributed by atoms with E-state index in [1.807, 2.05) is 37.3 Å². The molecule has 3 aromatic heterocycles. The normalized spacial score (nSPS) is 11.1. The van der Waals surface area contributed by atoms with E-state index in [0.29, 0.717) is 39.3 Å². The molecule has 0 saturated carbocycles. The molecule has 0 N–H and O–H groups in total. The highest BCUT2D eigenvalue weighted by Crippen LogP contribution is 2.34. The zero-order valence-corrected chi connectivity index (χ0v) is 16.3. The SMILES string of the molecule is Cc1cc(C(=O)N(Cc2ccccn2)c2nc3c(Cl)cccc3s2)c(C)o1. The van der Waals surface area contributed by atoms with Crippen molar-refractivity contribution in [3.8, 4) is 0 Å². The van der Waals surface area contributed by atoms with Gasteiger partial charge < -0.3 is 4.42 Å². The topological polar surface area (TPSA) is 59.2 Å². The van der Waals surface area contributed by atoms with Crippen molar-refractivity contribution in [3.05, 3.63) is 76.5 Å². The molecule has 0 bridgehead atoms. The number of aromatic nitrogens is 2. The summed E-state index contributed by atoms with van der Waals surface area (Å²) in [5, 5.41) is 1.14. The van der Waals surface area contributed by atoms with Crippen molar-refractivity contribution in [1.29, 1.82) is 0 Å². The molecule has 0 unspecified atom stereocenters. The lowest BCUT2D eigenvalue weighted by Crippen LogP contribution is -2.30. The smallest absolute Gasteiger partial charge is 0.263 e. The van der Waals surface area contributed by atoms with Crippen LogP contribution in [0.25, 0.3) is 10.2 Å². The van der Waals surface area contributed by atoms with Crippen molar-refractivity contribution in [2.24, 2.45) is 0 Å². The predicted octanol–water partition coefficient (Wildman–Crippen LogP) is 5.40. The van der Waals surface area contributed by atoms with E-state index >= 15 is 0 Å². The molecular formula is C20H16ClN3O2S. The average Bonchev–Trinajstić information content (AvgIpc) is 3.23. The van der Waals surface area contributed by atoms with Crippen LogP contribution in [0.5, 0.6) is 0 Å². The maximum Gasteiger partial charge on any atom is 0.263 e. The number of anilines is 1. The number of halogens is 1. The Balaban J connectivity index is 1.80. The molecule has 4 aromatic rings. The molecule has 4 rings (SSSR count). The van der Waals surface area contributed by atoms with Gasteiger partial charge in [0, 0.05) is 6.20 Å². The van der Waals surface area contributed by atoms with E-state index < -0.39 is 0 Å². The molecule has 0 spiro atoms. The third-order valence-corrected chi connectivity index (χ3v) is 5.50. The molecule has 0 aliphatic carbocycles. The van der Waals surface area contributed by atoms with Gasteiger partial charge in [-0.2, -0.15) is 0 Å². The maximum atomic E-state index is 13.3. The molecule has 136 valence electrons. The van der Waals surface area contributed by atoms with Crippen LogP contribution < -0.4 is 4.90 Å². The first kappa shape index (κ1) is 17.7. The molecule has 0 fully saturated rings. The van der Waals surface area contributed by atoms with E-state index in [0.717, 1.165) is 10.4 Å². The molecule has 0 radical (unpaired) electrons. The van der Waals surface area contributed by atoms with Crippen molar-refractivity contribution in [2.45, 2.75) is 20.4 Å². The minimum absolute atomic E-state index is 0.176. The third kappa shape index (κ3) is 3.46. The summed E-state index contributed by atoms with van der Waals surface area (Å²) >= 11 is 7.70. The number of aryl methyl sites for hydroxylation is 2. The van der Waals surface area contributed by atoms with Gasteiger partial charge in [0.05, 0.1) is 27.5 Å². The Hall–Kier alpha value is -2.70. The van der Waals surface area contributed by atoms with Gasteiger partial charge >= 0.3 is 0 Å². The van der Waals surface area contributed by atoms with Crippen LogP contribution in [0.4, 0.5) is 5.13 Å². The molecule has 5 nitrogen and oxygen atoms in total. The lowest BCUT2D eigenvalue weighted by Gasteiger charge is -2.19. The van der Waals surface area contributed by atoms with E-state index in [1.54, 1.807) is 30.2 Å². The Morgan fingerprint density at radius 3 is 2.74 bits per heavy atom. The maximum absolute atomic E-state index is 13.3. The van der Waals surface area contributed by atoms with Gasteiger partial charge in [-0.3, -0.25) is 14.7 Å². The van der Waals surface area contributed by atoms with Crippen LogP contribution in [0.15, 0.2) is 53.1 Å². The van der Waals surface area contributed by atoms with Gasteiger partial charge in [0.15, 0.2) is 5.13 Å². The third-order valence-electron chi connectivity index (χ3n) is 4.15. The van der Waals surface area contributed by atoms with Gasteiger partial charge in [-0.1, -0.05) is 35.1 Å². The second-order valence-electron chi connectivity index (χ2n) is 6.12. The van der Waals surface area contributed by atoms with Gasteiger partial charge in [0.25, 0.3) is 5.91 Å². The summed E-state index contributed by atoms with van der Waals surface area (Å²) in [6.07, 6.45) is 1.71. The summed E-state index contributed by atoms with van der Waals surface area (Å²) in [5.41, 5.74) is 1.99. The van der Waals surface area contributed by atoms with Crippen molar-refractivity contribution in [3.63, 3.8) is 0 Å². The van der Waals surface area contributed by atoms with Gasteiger partial charge in [0.1, 0.15) is 17.0 Å². The first-order chi connectivity index (χ1) is 13.0. The molecule has 27 heavy (non-hydrogen) atoms. The summed E-state index contributed by atoms with van der Waals surface area (Å²) < 4.78 is 6.48. The van der Waals surface area contributed by atoms with Gasteiger partial charge in [-0.15, -0.1) is 0 Å².